The van der Waals surface area contributed by atoms with Gasteiger partial charge in [-0.3, -0.25) is 0 Å². The molecule has 2 aliphatic heterocycles. The third-order valence-corrected chi connectivity index (χ3v) is 16.6. The molecule has 0 unspecified atom stereocenters. The Balaban J connectivity index is 1.28. The lowest BCUT2D eigenvalue weighted by Gasteiger charge is -2.46. The second kappa shape index (κ2) is 17.0. The van der Waals surface area contributed by atoms with Gasteiger partial charge in [0.2, 0.25) is 0 Å². The zero-order chi connectivity index (χ0) is 51.7. The van der Waals surface area contributed by atoms with E-state index in [1.807, 2.05) is 0 Å². The van der Waals surface area contributed by atoms with E-state index in [0.29, 0.717) is 0 Å². The molecule has 0 saturated heterocycles. The van der Waals surface area contributed by atoms with E-state index in [2.05, 4.69) is 277 Å². The molecule has 0 spiro atoms. The van der Waals surface area contributed by atoms with Gasteiger partial charge in [0.05, 0.1) is 5.69 Å². The number of hydrogen-bond donors (Lipinski definition) is 0. The van der Waals surface area contributed by atoms with Crippen molar-refractivity contribution in [2.75, 3.05) is 9.80 Å². The summed E-state index contributed by atoms with van der Waals surface area (Å²) in [4.78, 5) is 5.36. The number of rotatable bonds is 6. The molecule has 0 bridgehead atoms. The Morgan fingerprint density at radius 3 is 1.49 bits per heavy atom. The van der Waals surface area contributed by atoms with Gasteiger partial charge in [-0.1, -0.05) is 201 Å². The molecule has 0 aromatic heterocycles. The van der Waals surface area contributed by atoms with E-state index < -0.39 is 0 Å². The largest absolute Gasteiger partial charge is 0.311 e. The summed E-state index contributed by atoms with van der Waals surface area (Å²) in [7, 11) is 0. The lowest BCUT2D eigenvalue weighted by Crippen LogP contribution is -2.61. The number of benzene rings is 8. The normalized spacial score (nSPS) is 15.5. The molecular formula is C70H75BN2. The van der Waals surface area contributed by atoms with Gasteiger partial charge in [0, 0.05) is 34.0 Å². The minimum absolute atomic E-state index is 0.000767. The van der Waals surface area contributed by atoms with Crippen LogP contribution < -0.4 is 26.2 Å². The lowest BCUT2D eigenvalue weighted by molar-refractivity contribution is 0.403. The topological polar surface area (TPSA) is 6.48 Å². The summed E-state index contributed by atoms with van der Waals surface area (Å²) in [5, 5.41) is 0. The van der Waals surface area contributed by atoms with Crippen molar-refractivity contribution in [3.63, 3.8) is 0 Å². The molecule has 2 nitrogen and oxygen atoms in total. The van der Waals surface area contributed by atoms with E-state index in [0.717, 1.165) is 6.42 Å². The molecule has 3 heteroatoms. The molecule has 0 radical (unpaired) electrons. The van der Waals surface area contributed by atoms with Gasteiger partial charge < -0.3 is 9.80 Å². The van der Waals surface area contributed by atoms with E-state index in [1.165, 1.54) is 117 Å². The summed E-state index contributed by atoms with van der Waals surface area (Å²) in [6.45, 7) is 35.8. The highest BCUT2D eigenvalue weighted by Gasteiger charge is 2.49. The summed E-state index contributed by atoms with van der Waals surface area (Å²) < 4.78 is 0. The Bertz CT molecular complexity index is 3400. The van der Waals surface area contributed by atoms with Crippen LogP contribution in [0.3, 0.4) is 0 Å². The Hall–Kier alpha value is -6.58. The van der Waals surface area contributed by atoms with E-state index in [1.54, 1.807) is 0 Å². The van der Waals surface area contributed by atoms with Crippen molar-refractivity contribution in [3.05, 3.63) is 197 Å². The van der Waals surface area contributed by atoms with Crippen LogP contribution in [-0.4, -0.2) is 6.71 Å². The van der Waals surface area contributed by atoms with Crippen LogP contribution in [0.15, 0.2) is 164 Å². The Morgan fingerprint density at radius 1 is 0.411 bits per heavy atom. The SMILES string of the molecule is CC(C)c1cc2c3c(c1)N(c1ccc(C(C)(C)C)cc1-c1cc(-c4ccccc4)cc(-c4ccccc4)c1)c1cc4c(cc1B3c1ccc(C(C)(C)C)cc1N2c1cccc(C(C)(C)C)c1)C(C)(C)CC4(C)C. The number of anilines is 6. The molecule has 11 rings (SSSR count). The second-order valence-corrected chi connectivity index (χ2v) is 26.5. The van der Waals surface area contributed by atoms with Crippen molar-refractivity contribution in [2.45, 2.75) is 143 Å². The zero-order valence-corrected chi connectivity index (χ0v) is 46.3. The van der Waals surface area contributed by atoms with E-state index in [9.17, 15) is 0 Å². The third-order valence-electron chi connectivity index (χ3n) is 16.6. The van der Waals surface area contributed by atoms with Crippen molar-refractivity contribution in [2.24, 2.45) is 0 Å². The maximum Gasteiger partial charge on any atom is 0.252 e. The summed E-state index contributed by atoms with van der Waals surface area (Å²) in [5.74, 6) is 0.284. The van der Waals surface area contributed by atoms with Crippen LogP contribution in [-0.2, 0) is 27.1 Å². The molecule has 0 saturated carbocycles. The highest BCUT2D eigenvalue weighted by Crippen LogP contribution is 2.54. The third kappa shape index (κ3) is 8.36. The van der Waals surface area contributed by atoms with Crippen LogP contribution in [0.5, 0.6) is 0 Å². The fraction of sp³-hybridized carbons (Fsp3) is 0.314. The highest BCUT2D eigenvalue weighted by atomic mass is 15.2. The molecule has 0 N–H and O–H groups in total. The smallest absolute Gasteiger partial charge is 0.252 e. The molecular weight excluding hydrogens is 880 g/mol. The predicted octanol–water partition coefficient (Wildman–Crippen LogP) is 17.7. The highest BCUT2D eigenvalue weighted by molar-refractivity contribution is 7.00. The maximum absolute atomic E-state index is 2.72. The van der Waals surface area contributed by atoms with Crippen LogP contribution >= 0.6 is 0 Å². The van der Waals surface area contributed by atoms with Gasteiger partial charge in [-0.15, -0.1) is 0 Å². The predicted molar refractivity (Wildman–Crippen MR) is 318 cm³/mol. The van der Waals surface area contributed by atoms with Gasteiger partial charge in [0.1, 0.15) is 0 Å². The minimum atomic E-state index is -0.0810. The van der Waals surface area contributed by atoms with Crippen molar-refractivity contribution in [3.8, 4) is 33.4 Å². The van der Waals surface area contributed by atoms with Crippen LogP contribution in [0, 0.1) is 0 Å². The first kappa shape index (κ1) is 48.7. The van der Waals surface area contributed by atoms with Crippen molar-refractivity contribution in [1.29, 1.82) is 0 Å². The molecule has 3 aliphatic rings. The maximum atomic E-state index is 2.72. The summed E-state index contributed by atoms with van der Waals surface area (Å²) in [5.41, 5.74) is 27.1. The van der Waals surface area contributed by atoms with Crippen LogP contribution in [0.2, 0.25) is 0 Å². The van der Waals surface area contributed by atoms with Crippen LogP contribution in [0.1, 0.15) is 150 Å². The first-order chi connectivity index (χ1) is 34.4. The molecule has 8 aromatic rings. The lowest BCUT2D eigenvalue weighted by atomic mass is 9.33. The van der Waals surface area contributed by atoms with E-state index in [4.69, 9.17) is 0 Å². The molecule has 0 atom stereocenters. The molecule has 0 fully saturated rings. The Morgan fingerprint density at radius 2 is 0.918 bits per heavy atom. The molecule has 1 aliphatic carbocycles. The zero-order valence-electron chi connectivity index (χ0n) is 46.3. The molecule has 0 amide bonds. The average molecular weight is 955 g/mol. The first-order valence-electron chi connectivity index (χ1n) is 27.0. The minimum Gasteiger partial charge on any atom is -0.311 e. The summed E-state index contributed by atoms with van der Waals surface area (Å²) in [6, 6.07) is 63.8. The van der Waals surface area contributed by atoms with Gasteiger partial charge in [0.25, 0.3) is 6.71 Å². The van der Waals surface area contributed by atoms with Crippen molar-refractivity contribution >= 4 is 57.2 Å². The molecule has 8 aromatic carbocycles. The molecule has 2 heterocycles. The van der Waals surface area contributed by atoms with Crippen LogP contribution in [0.4, 0.5) is 34.1 Å². The Labute approximate surface area is 438 Å². The summed E-state index contributed by atoms with van der Waals surface area (Å²) in [6.07, 6.45) is 1.10. The van der Waals surface area contributed by atoms with Crippen LogP contribution in [0.25, 0.3) is 33.4 Å². The summed E-state index contributed by atoms with van der Waals surface area (Å²) >= 11 is 0. The second-order valence-electron chi connectivity index (χ2n) is 26.5. The van der Waals surface area contributed by atoms with Gasteiger partial charge in [0.15, 0.2) is 0 Å². The number of hydrogen-bond acceptors (Lipinski definition) is 2. The van der Waals surface area contributed by atoms with Gasteiger partial charge in [-0.05, 0) is 184 Å². The van der Waals surface area contributed by atoms with Gasteiger partial charge >= 0.3 is 0 Å². The van der Waals surface area contributed by atoms with E-state index >= 15 is 0 Å². The number of nitrogens with zero attached hydrogens (tertiary/aromatic N) is 2. The monoisotopic (exact) mass is 955 g/mol. The van der Waals surface area contributed by atoms with Crippen molar-refractivity contribution in [1.82, 2.24) is 0 Å². The van der Waals surface area contributed by atoms with E-state index in [-0.39, 0.29) is 39.7 Å². The fourth-order valence-corrected chi connectivity index (χ4v) is 12.7. The number of fused-ring (bicyclic) bond motifs is 5. The standard InChI is InChI=1S/C70H75BN2/c1-44(2)47-36-63-65-64(37-47)73(60-32-30-52(67(6,7)8)39-55(60)50-34-48(45-23-18-16-19-24-45)33-49(35-50)46-25-20-17-21-26-46)62-42-57-56(69(12,13)43-70(57,14)15)41-59(62)71(65)58-31-29-53(68(9,10)11)40-61(58)72(63)54-28-22-27-51(38-54)66(3,4)5/h16-42,44H,43H2,1-15H3. The van der Waals surface area contributed by atoms with Crippen molar-refractivity contribution < 1.29 is 0 Å². The van der Waals surface area contributed by atoms with Gasteiger partial charge in [-0.2, -0.15) is 0 Å². The Kier molecular flexibility index (Phi) is 11.3. The quantitative estimate of drug-likeness (QED) is 0.153. The van der Waals surface area contributed by atoms with Gasteiger partial charge in [-0.25, -0.2) is 0 Å². The molecule has 368 valence electrons. The molecule has 73 heavy (non-hydrogen) atoms. The fourth-order valence-electron chi connectivity index (χ4n) is 12.7. The first-order valence-corrected chi connectivity index (χ1v) is 27.0. The average Bonchev–Trinajstić information content (AvgIpc) is 3.53.